The molecule has 2 atom stereocenters. The first-order valence-corrected chi connectivity index (χ1v) is 4.40. The first-order chi connectivity index (χ1) is 6.15. The van der Waals surface area contributed by atoms with Crippen LogP contribution in [0.15, 0.2) is 24.3 Å². The van der Waals surface area contributed by atoms with Crippen LogP contribution in [0.25, 0.3) is 0 Å². The van der Waals surface area contributed by atoms with Crippen LogP contribution in [0, 0.1) is 11.3 Å². The van der Waals surface area contributed by atoms with E-state index in [-0.39, 0.29) is 12.0 Å². The number of hydrogen-bond acceptors (Lipinski definition) is 2. The van der Waals surface area contributed by atoms with Gasteiger partial charge in [0.1, 0.15) is 0 Å². The van der Waals surface area contributed by atoms with Gasteiger partial charge in [0.25, 0.3) is 0 Å². The van der Waals surface area contributed by atoms with Gasteiger partial charge in [0.05, 0.1) is 12.0 Å². The molecule has 0 heterocycles. The van der Waals surface area contributed by atoms with Crippen LogP contribution < -0.4 is 5.73 Å². The van der Waals surface area contributed by atoms with Crippen LogP contribution in [0.4, 0.5) is 0 Å². The van der Waals surface area contributed by atoms with Crippen LogP contribution >= 0.6 is 0 Å². The standard InChI is InChI=1S/C11H14N2/c1-8(7-12)10-4-3-5-11(6-10)9(2)13/h3-6,8-9H,13H2,1-2H3. The fourth-order valence-electron chi connectivity index (χ4n) is 1.19. The molecule has 0 aliphatic carbocycles. The molecule has 0 aliphatic rings. The van der Waals surface area contributed by atoms with Crippen LogP contribution in [0.3, 0.4) is 0 Å². The third-order valence-electron chi connectivity index (χ3n) is 2.13. The molecule has 68 valence electrons. The average Bonchev–Trinajstić information content (AvgIpc) is 2.17. The van der Waals surface area contributed by atoms with Crippen LogP contribution in [0.5, 0.6) is 0 Å². The number of nitrogens with zero attached hydrogens (tertiary/aromatic N) is 1. The van der Waals surface area contributed by atoms with Crippen molar-refractivity contribution in [2.75, 3.05) is 0 Å². The first kappa shape index (κ1) is 9.76. The molecule has 0 aliphatic heterocycles. The average molecular weight is 174 g/mol. The number of nitriles is 1. The van der Waals surface area contributed by atoms with Gasteiger partial charge in [-0.2, -0.15) is 5.26 Å². The van der Waals surface area contributed by atoms with Crippen LogP contribution in [0.2, 0.25) is 0 Å². The molecule has 0 saturated heterocycles. The van der Waals surface area contributed by atoms with E-state index in [0.29, 0.717) is 0 Å². The molecule has 13 heavy (non-hydrogen) atoms. The second-order valence-electron chi connectivity index (χ2n) is 3.31. The molecule has 0 bridgehead atoms. The van der Waals surface area contributed by atoms with Gasteiger partial charge >= 0.3 is 0 Å². The van der Waals surface area contributed by atoms with Gasteiger partial charge in [-0.1, -0.05) is 24.3 Å². The van der Waals surface area contributed by atoms with Crippen molar-refractivity contribution < 1.29 is 0 Å². The maximum Gasteiger partial charge on any atom is 0.0700 e. The summed E-state index contributed by atoms with van der Waals surface area (Å²) in [6.45, 7) is 3.83. The lowest BCUT2D eigenvalue weighted by atomic mass is 9.98. The third kappa shape index (κ3) is 2.30. The molecule has 0 radical (unpaired) electrons. The summed E-state index contributed by atoms with van der Waals surface area (Å²) >= 11 is 0. The molecule has 1 aromatic rings. The van der Waals surface area contributed by atoms with E-state index in [9.17, 15) is 0 Å². The van der Waals surface area contributed by atoms with Gasteiger partial charge in [-0.05, 0) is 25.0 Å². The Hall–Kier alpha value is -1.33. The van der Waals surface area contributed by atoms with Crippen molar-refractivity contribution in [3.05, 3.63) is 35.4 Å². The maximum atomic E-state index is 8.74. The quantitative estimate of drug-likeness (QED) is 0.748. The molecule has 0 fully saturated rings. The maximum absolute atomic E-state index is 8.74. The van der Waals surface area contributed by atoms with Crippen molar-refractivity contribution in [3.8, 4) is 6.07 Å². The molecular formula is C11H14N2. The summed E-state index contributed by atoms with van der Waals surface area (Å²) in [5.74, 6) is -0.0568. The Morgan fingerprint density at radius 2 is 1.92 bits per heavy atom. The zero-order chi connectivity index (χ0) is 9.84. The Morgan fingerprint density at radius 3 is 2.46 bits per heavy atom. The Balaban J connectivity index is 3.00. The fraction of sp³-hybridized carbons (Fsp3) is 0.364. The van der Waals surface area contributed by atoms with Crippen molar-refractivity contribution >= 4 is 0 Å². The van der Waals surface area contributed by atoms with Crippen molar-refractivity contribution in [2.24, 2.45) is 5.73 Å². The molecule has 2 unspecified atom stereocenters. The third-order valence-corrected chi connectivity index (χ3v) is 2.13. The predicted octanol–water partition coefficient (Wildman–Crippen LogP) is 2.33. The topological polar surface area (TPSA) is 49.8 Å². The highest BCUT2D eigenvalue weighted by atomic mass is 14.6. The molecule has 0 aromatic heterocycles. The van der Waals surface area contributed by atoms with Crippen LogP contribution in [-0.2, 0) is 0 Å². The zero-order valence-corrected chi connectivity index (χ0v) is 7.99. The van der Waals surface area contributed by atoms with Crippen molar-refractivity contribution in [2.45, 2.75) is 25.8 Å². The monoisotopic (exact) mass is 174 g/mol. The van der Waals surface area contributed by atoms with E-state index in [1.54, 1.807) is 0 Å². The smallest absolute Gasteiger partial charge is 0.0700 e. The summed E-state index contributed by atoms with van der Waals surface area (Å²) in [4.78, 5) is 0. The fourth-order valence-corrected chi connectivity index (χ4v) is 1.19. The molecule has 1 rings (SSSR count). The zero-order valence-electron chi connectivity index (χ0n) is 7.99. The lowest BCUT2D eigenvalue weighted by Gasteiger charge is -2.08. The van der Waals surface area contributed by atoms with E-state index in [1.807, 2.05) is 38.1 Å². The molecule has 1 aromatic carbocycles. The summed E-state index contributed by atoms with van der Waals surface area (Å²) in [5, 5.41) is 8.74. The van der Waals surface area contributed by atoms with Gasteiger partial charge < -0.3 is 5.73 Å². The molecule has 0 amide bonds. The number of hydrogen-bond donors (Lipinski definition) is 1. The minimum atomic E-state index is -0.0568. The van der Waals surface area contributed by atoms with Crippen molar-refractivity contribution in [3.63, 3.8) is 0 Å². The second-order valence-corrected chi connectivity index (χ2v) is 3.31. The molecule has 0 saturated carbocycles. The van der Waals surface area contributed by atoms with Crippen LogP contribution in [0.1, 0.15) is 36.9 Å². The highest BCUT2D eigenvalue weighted by Gasteiger charge is 2.05. The highest BCUT2D eigenvalue weighted by molar-refractivity contribution is 5.30. The molecular weight excluding hydrogens is 160 g/mol. The van der Waals surface area contributed by atoms with Gasteiger partial charge in [-0.25, -0.2) is 0 Å². The van der Waals surface area contributed by atoms with Gasteiger partial charge in [-0.15, -0.1) is 0 Å². The van der Waals surface area contributed by atoms with Gasteiger partial charge in [-0.3, -0.25) is 0 Å². The Bertz CT molecular complexity index is 323. The normalized spacial score (nSPS) is 14.6. The summed E-state index contributed by atoms with van der Waals surface area (Å²) < 4.78 is 0. The lowest BCUT2D eigenvalue weighted by Crippen LogP contribution is -2.05. The van der Waals surface area contributed by atoms with Gasteiger partial charge in [0.2, 0.25) is 0 Å². The van der Waals surface area contributed by atoms with E-state index in [4.69, 9.17) is 11.0 Å². The van der Waals surface area contributed by atoms with Gasteiger partial charge in [0.15, 0.2) is 0 Å². The lowest BCUT2D eigenvalue weighted by molar-refractivity contribution is 0.812. The number of benzene rings is 1. The van der Waals surface area contributed by atoms with Gasteiger partial charge in [0, 0.05) is 6.04 Å². The Morgan fingerprint density at radius 1 is 1.31 bits per heavy atom. The summed E-state index contributed by atoms with van der Waals surface area (Å²) in [5.41, 5.74) is 7.86. The largest absolute Gasteiger partial charge is 0.324 e. The Labute approximate surface area is 79.0 Å². The minimum absolute atomic E-state index is 0.0332. The molecule has 0 spiro atoms. The van der Waals surface area contributed by atoms with Crippen molar-refractivity contribution in [1.29, 1.82) is 5.26 Å². The predicted molar refractivity (Wildman–Crippen MR) is 53.1 cm³/mol. The van der Waals surface area contributed by atoms with E-state index in [0.717, 1.165) is 11.1 Å². The molecule has 2 N–H and O–H groups in total. The highest BCUT2D eigenvalue weighted by Crippen LogP contribution is 2.18. The van der Waals surface area contributed by atoms with E-state index in [1.165, 1.54) is 0 Å². The first-order valence-electron chi connectivity index (χ1n) is 4.40. The SMILES string of the molecule is CC(N)c1cccc(C(C)C#N)c1. The van der Waals surface area contributed by atoms with E-state index < -0.39 is 0 Å². The minimum Gasteiger partial charge on any atom is -0.324 e. The molecule has 2 nitrogen and oxygen atoms in total. The second kappa shape index (κ2) is 4.06. The summed E-state index contributed by atoms with van der Waals surface area (Å²) in [6, 6.07) is 10.1. The summed E-state index contributed by atoms with van der Waals surface area (Å²) in [6.07, 6.45) is 0. The van der Waals surface area contributed by atoms with E-state index in [2.05, 4.69) is 6.07 Å². The number of nitrogens with two attached hydrogens (primary N) is 1. The number of rotatable bonds is 2. The van der Waals surface area contributed by atoms with Crippen molar-refractivity contribution in [1.82, 2.24) is 0 Å². The molecule has 2 heteroatoms. The van der Waals surface area contributed by atoms with Crippen LogP contribution in [-0.4, -0.2) is 0 Å². The summed E-state index contributed by atoms with van der Waals surface area (Å²) in [7, 11) is 0. The van der Waals surface area contributed by atoms with E-state index >= 15 is 0 Å². The Kier molecular flexibility index (Phi) is 3.05.